The minimum atomic E-state index is -4.44. The van der Waals surface area contributed by atoms with Crippen molar-refractivity contribution in [3.63, 3.8) is 0 Å². The van der Waals surface area contributed by atoms with Crippen LogP contribution < -0.4 is 10.2 Å². The van der Waals surface area contributed by atoms with Crippen molar-refractivity contribution in [3.05, 3.63) is 18.5 Å². The maximum atomic E-state index is 13.4. The van der Waals surface area contributed by atoms with Gasteiger partial charge < -0.3 is 19.9 Å². The van der Waals surface area contributed by atoms with E-state index in [2.05, 4.69) is 32.5 Å². The molecule has 1 unspecified atom stereocenters. The lowest BCUT2D eigenvalue weighted by atomic mass is 9.91. The van der Waals surface area contributed by atoms with Gasteiger partial charge in [0.05, 0.1) is 41.7 Å². The van der Waals surface area contributed by atoms with Crippen LogP contribution in [-0.2, 0) is 11.3 Å². The number of nitrogens with one attached hydrogen (secondary N) is 2. The first-order chi connectivity index (χ1) is 17.7. The van der Waals surface area contributed by atoms with Gasteiger partial charge in [-0.25, -0.2) is 4.79 Å². The number of alkyl halides is 3. The van der Waals surface area contributed by atoms with Crippen LogP contribution in [0.25, 0.3) is 22.3 Å². The summed E-state index contributed by atoms with van der Waals surface area (Å²) in [6.45, 7) is 3.73. The van der Waals surface area contributed by atoms with Crippen LogP contribution >= 0.6 is 0 Å². The Hall–Kier alpha value is -3.35. The second-order valence-electron chi connectivity index (χ2n) is 10.3. The number of likely N-dealkylation sites (tertiary alicyclic amines) is 1. The standard InChI is InChI=1S/C24H29F3N8O2/c1-15-2-5-34(23(11-15)3-4-23)22(36)30-18-13-29-31-20(18)17-10-19-16(12-28-17)21(33-6-8-37-9-7-33)32-35(19)14-24(25,26)27/h10,12-13,15H,2-9,11,14H2,1H3,(H,29,31)(H,30,36). The fourth-order valence-electron chi connectivity index (χ4n) is 5.63. The molecular weight excluding hydrogens is 489 g/mol. The number of piperidine rings is 1. The molecule has 2 amide bonds. The second kappa shape index (κ2) is 8.89. The molecule has 10 nitrogen and oxygen atoms in total. The first-order valence-electron chi connectivity index (χ1n) is 12.6. The molecule has 13 heteroatoms. The highest BCUT2D eigenvalue weighted by Crippen LogP contribution is 2.50. The molecule has 198 valence electrons. The van der Waals surface area contributed by atoms with E-state index < -0.39 is 12.7 Å². The van der Waals surface area contributed by atoms with Crippen LogP contribution in [0.1, 0.15) is 32.6 Å². The number of rotatable bonds is 4. The molecule has 1 atom stereocenters. The first-order valence-corrected chi connectivity index (χ1v) is 12.6. The van der Waals surface area contributed by atoms with Crippen LogP contribution in [0.15, 0.2) is 18.5 Å². The van der Waals surface area contributed by atoms with E-state index in [1.54, 1.807) is 6.07 Å². The lowest BCUT2D eigenvalue weighted by Gasteiger charge is -2.39. The van der Waals surface area contributed by atoms with Gasteiger partial charge in [0.15, 0.2) is 5.82 Å². The summed E-state index contributed by atoms with van der Waals surface area (Å²) in [5, 5.41) is 14.7. The second-order valence-corrected chi connectivity index (χ2v) is 10.3. The molecule has 2 N–H and O–H groups in total. The van der Waals surface area contributed by atoms with Crippen LogP contribution in [0.2, 0.25) is 0 Å². The van der Waals surface area contributed by atoms with Gasteiger partial charge in [-0.1, -0.05) is 6.92 Å². The zero-order chi connectivity index (χ0) is 25.8. The van der Waals surface area contributed by atoms with E-state index in [4.69, 9.17) is 4.74 Å². The number of nitrogens with zero attached hydrogens (tertiary/aromatic N) is 6. The predicted molar refractivity (Wildman–Crippen MR) is 130 cm³/mol. The Bertz CT molecular complexity index is 1310. The van der Waals surface area contributed by atoms with Gasteiger partial charge in [0.25, 0.3) is 0 Å². The number of hydrogen-bond acceptors (Lipinski definition) is 6. The molecule has 1 saturated carbocycles. The van der Waals surface area contributed by atoms with E-state index in [9.17, 15) is 18.0 Å². The fourth-order valence-corrected chi connectivity index (χ4v) is 5.63. The molecule has 0 bridgehead atoms. The number of morpholine rings is 1. The van der Waals surface area contributed by atoms with Gasteiger partial charge in [0, 0.05) is 31.4 Å². The van der Waals surface area contributed by atoms with Gasteiger partial charge in [0.2, 0.25) is 0 Å². The van der Waals surface area contributed by atoms with Gasteiger partial charge in [-0.05, 0) is 37.7 Å². The predicted octanol–water partition coefficient (Wildman–Crippen LogP) is 4.02. The van der Waals surface area contributed by atoms with Crippen LogP contribution in [0.3, 0.4) is 0 Å². The van der Waals surface area contributed by atoms with Gasteiger partial charge in [-0.3, -0.25) is 14.8 Å². The third kappa shape index (κ3) is 4.60. The topological polar surface area (TPSA) is 104 Å². The summed E-state index contributed by atoms with van der Waals surface area (Å²) in [7, 11) is 0. The van der Waals surface area contributed by atoms with Crippen molar-refractivity contribution in [1.29, 1.82) is 0 Å². The van der Waals surface area contributed by atoms with Crippen molar-refractivity contribution in [3.8, 4) is 11.4 Å². The number of anilines is 2. The third-order valence-electron chi connectivity index (χ3n) is 7.61. The largest absolute Gasteiger partial charge is 0.408 e. The lowest BCUT2D eigenvalue weighted by molar-refractivity contribution is -0.141. The molecule has 3 aromatic heterocycles. The number of hydrogen-bond donors (Lipinski definition) is 2. The van der Waals surface area contributed by atoms with Crippen molar-refractivity contribution < 1.29 is 22.7 Å². The molecule has 3 fully saturated rings. The lowest BCUT2D eigenvalue weighted by Crippen LogP contribution is -2.49. The Morgan fingerprint density at radius 1 is 1.24 bits per heavy atom. The van der Waals surface area contributed by atoms with Gasteiger partial charge >= 0.3 is 12.2 Å². The van der Waals surface area contributed by atoms with E-state index in [0.717, 1.165) is 30.4 Å². The van der Waals surface area contributed by atoms with Crippen molar-refractivity contribution in [2.45, 2.75) is 50.9 Å². The van der Waals surface area contributed by atoms with E-state index in [1.807, 2.05) is 9.80 Å². The third-order valence-corrected chi connectivity index (χ3v) is 7.61. The first kappa shape index (κ1) is 24.0. The number of fused-ring (bicyclic) bond motifs is 1. The Labute approximate surface area is 211 Å². The molecule has 2 saturated heterocycles. The number of ether oxygens (including phenoxy) is 1. The molecule has 3 aliphatic rings. The maximum absolute atomic E-state index is 13.4. The van der Waals surface area contributed by atoms with E-state index in [-0.39, 0.29) is 11.6 Å². The molecule has 2 aliphatic heterocycles. The smallest absolute Gasteiger partial charge is 0.378 e. The normalized spacial score (nSPS) is 21.6. The molecule has 5 heterocycles. The number of pyridine rings is 1. The summed E-state index contributed by atoms with van der Waals surface area (Å²) in [4.78, 5) is 21.6. The summed E-state index contributed by atoms with van der Waals surface area (Å²) in [6, 6.07) is 1.37. The minimum absolute atomic E-state index is 0.0528. The number of carbonyl (C=O) groups is 1. The molecular formula is C24H29F3N8O2. The van der Waals surface area contributed by atoms with Crippen molar-refractivity contribution in [2.75, 3.05) is 43.1 Å². The summed E-state index contributed by atoms with van der Waals surface area (Å²) in [6.07, 6.45) is 2.57. The molecule has 3 aromatic rings. The number of halogens is 3. The molecule has 37 heavy (non-hydrogen) atoms. The quantitative estimate of drug-likeness (QED) is 0.541. The van der Waals surface area contributed by atoms with Crippen molar-refractivity contribution in [2.24, 2.45) is 5.92 Å². The molecule has 0 radical (unpaired) electrons. The molecule has 6 rings (SSSR count). The van der Waals surface area contributed by atoms with Crippen molar-refractivity contribution in [1.82, 2.24) is 29.9 Å². The highest BCUT2D eigenvalue weighted by atomic mass is 19.4. The Morgan fingerprint density at radius 2 is 2.03 bits per heavy atom. The average molecular weight is 519 g/mol. The summed E-state index contributed by atoms with van der Waals surface area (Å²) in [5.74, 6) is 1.05. The van der Waals surface area contributed by atoms with E-state index in [0.29, 0.717) is 72.6 Å². The van der Waals surface area contributed by atoms with Gasteiger partial charge in [-0.2, -0.15) is 23.4 Å². The zero-order valence-corrected chi connectivity index (χ0v) is 20.5. The van der Waals surface area contributed by atoms with Gasteiger partial charge in [-0.15, -0.1) is 0 Å². The zero-order valence-electron chi connectivity index (χ0n) is 20.5. The van der Waals surface area contributed by atoms with Crippen molar-refractivity contribution >= 4 is 28.4 Å². The number of aromatic amines is 1. The number of carbonyl (C=O) groups excluding carboxylic acids is 1. The number of aromatic nitrogens is 5. The summed E-state index contributed by atoms with van der Waals surface area (Å²) in [5.41, 5.74) is 1.48. The fraction of sp³-hybridized carbons (Fsp3) is 0.583. The maximum Gasteiger partial charge on any atom is 0.408 e. The highest BCUT2D eigenvalue weighted by Gasteiger charge is 2.52. The average Bonchev–Trinajstić information content (AvgIpc) is 3.30. The SMILES string of the molecule is CC1CCN(C(=O)Nc2cn[nH]c2-c2cc3c(cn2)c(N2CCOCC2)nn3CC(F)(F)F)C2(CC2)C1. The minimum Gasteiger partial charge on any atom is -0.378 e. The molecule has 1 aliphatic carbocycles. The summed E-state index contributed by atoms with van der Waals surface area (Å²) >= 11 is 0. The number of urea groups is 1. The Morgan fingerprint density at radius 3 is 2.76 bits per heavy atom. The van der Waals surface area contributed by atoms with Crippen LogP contribution in [0.4, 0.5) is 29.5 Å². The van der Waals surface area contributed by atoms with Crippen LogP contribution in [-0.4, -0.2) is 80.5 Å². The van der Waals surface area contributed by atoms with Crippen LogP contribution in [0.5, 0.6) is 0 Å². The molecule has 0 aromatic carbocycles. The Kier molecular flexibility index (Phi) is 5.77. The number of amides is 2. The summed E-state index contributed by atoms with van der Waals surface area (Å²) < 4.78 is 46.5. The van der Waals surface area contributed by atoms with E-state index >= 15 is 0 Å². The monoisotopic (exact) mass is 518 g/mol. The van der Waals surface area contributed by atoms with E-state index in [1.165, 1.54) is 12.4 Å². The van der Waals surface area contributed by atoms with Gasteiger partial charge in [0.1, 0.15) is 12.2 Å². The highest BCUT2D eigenvalue weighted by molar-refractivity contribution is 5.96. The number of H-pyrrole nitrogens is 1. The molecule has 1 spiro atoms. The van der Waals surface area contributed by atoms with Crippen LogP contribution in [0, 0.1) is 5.92 Å². The Balaban J connectivity index is 1.31.